The smallest absolute Gasteiger partial charge is 0.284 e. The van der Waals surface area contributed by atoms with E-state index in [9.17, 15) is 4.57 Å². The van der Waals surface area contributed by atoms with Crippen LogP contribution in [0.4, 0.5) is 0 Å². The second-order valence-corrected chi connectivity index (χ2v) is 7.67. The molecular formula is C11H21BrCl3O4P. The van der Waals surface area contributed by atoms with Crippen LogP contribution in [0.2, 0.25) is 0 Å². The average molecular weight is 435 g/mol. The van der Waals surface area contributed by atoms with Gasteiger partial charge in [-0.25, -0.2) is 4.57 Å². The molecule has 0 aliphatic carbocycles. The topological polar surface area (TPSA) is 44.8 Å². The molecule has 0 spiro atoms. The lowest BCUT2D eigenvalue weighted by Crippen LogP contribution is -2.24. The molecule has 0 heterocycles. The van der Waals surface area contributed by atoms with E-state index in [0.29, 0.717) is 5.33 Å². The van der Waals surface area contributed by atoms with Crippen LogP contribution >= 0.6 is 58.6 Å². The number of rotatable bonds is 11. The lowest BCUT2D eigenvalue weighted by Gasteiger charge is -2.28. The first-order chi connectivity index (χ1) is 9.31. The maximum Gasteiger partial charge on any atom is 0.475 e. The van der Waals surface area contributed by atoms with Gasteiger partial charge in [0.1, 0.15) is 0 Å². The van der Waals surface area contributed by atoms with Gasteiger partial charge in [-0.2, -0.15) is 0 Å². The predicted octanol–water partition coefficient (Wildman–Crippen LogP) is 5.04. The summed E-state index contributed by atoms with van der Waals surface area (Å²) in [4.78, 5) is 0. The zero-order chi connectivity index (χ0) is 15.8. The van der Waals surface area contributed by atoms with Crippen molar-refractivity contribution in [2.75, 3.05) is 23.0 Å². The summed E-state index contributed by atoms with van der Waals surface area (Å²) < 4.78 is 29.0. The maximum atomic E-state index is 12.7. The highest BCUT2D eigenvalue weighted by molar-refractivity contribution is 9.09. The van der Waals surface area contributed by atoms with Crippen LogP contribution in [0, 0.1) is 5.92 Å². The van der Waals surface area contributed by atoms with Crippen LogP contribution in [-0.4, -0.2) is 41.3 Å². The molecule has 0 aromatic rings. The molecule has 0 aliphatic rings. The largest absolute Gasteiger partial charge is 0.475 e. The zero-order valence-electron chi connectivity index (χ0n) is 11.7. The third-order valence-corrected chi connectivity index (χ3v) is 5.94. The fraction of sp³-hybridized carbons (Fsp3) is 1.00. The van der Waals surface area contributed by atoms with Crippen LogP contribution in [0.3, 0.4) is 0 Å². The molecule has 0 fully saturated rings. The van der Waals surface area contributed by atoms with Gasteiger partial charge >= 0.3 is 7.82 Å². The van der Waals surface area contributed by atoms with E-state index in [-0.39, 0.29) is 29.7 Å². The zero-order valence-corrected chi connectivity index (χ0v) is 16.5. The fourth-order valence-electron chi connectivity index (χ4n) is 0.960. The van der Waals surface area contributed by atoms with E-state index in [4.69, 9.17) is 48.4 Å². The van der Waals surface area contributed by atoms with Gasteiger partial charge in [-0.1, -0.05) is 29.8 Å². The summed E-state index contributed by atoms with van der Waals surface area (Å²) in [6.07, 6.45) is -1.42. The van der Waals surface area contributed by atoms with Gasteiger partial charge in [0.15, 0.2) is 0 Å². The van der Waals surface area contributed by atoms with Crippen molar-refractivity contribution in [2.45, 2.75) is 39.1 Å². The molecule has 0 aromatic heterocycles. The maximum absolute atomic E-state index is 12.7. The molecule has 0 amide bonds. The second kappa shape index (κ2) is 11.1. The van der Waals surface area contributed by atoms with E-state index in [2.05, 4.69) is 15.9 Å². The number of hydrogen-bond donors (Lipinski definition) is 0. The summed E-state index contributed by atoms with van der Waals surface area (Å²) in [5, 5.41) is 0.412. The summed E-state index contributed by atoms with van der Waals surface area (Å²) in [6.45, 7) is 5.68. The van der Waals surface area contributed by atoms with Gasteiger partial charge in [0.2, 0.25) is 0 Å². The highest BCUT2D eigenvalue weighted by Gasteiger charge is 2.35. The van der Waals surface area contributed by atoms with Gasteiger partial charge in [0.25, 0.3) is 0 Å². The fourth-order valence-corrected chi connectivity index (χ4v) is 4.51. The first-order valence-electron chi connectivity index (χ1n) is 6.20. The molecule has 0 aromatic carbocycles. The summed E-state index contributed by atoms with van der Waals surface area (Å²) in [5.41, 5.74) is 0. The third-order valence-electron chi connectivity index (χ3n) is 2.48. The first-order valence-corrected chi connectivity index (χ1v) is 10.4. The molecule has 4 nitrogen and oxygen atoms in total. The van der Waals surface area contributed by atoms with Crippen LogP contribution in [0.25, 0.3) is 0 Å². The van der Waals surface area contributed by atoms with Crippen molar-refractivity contribution in [2.24, 2.45) is 5.92 Å². The van der Waals surface area contributed by atoms with Gasteiger partial charge in [-0.15, -0.1) is 34.8 Å². The summed E-state index contributed by atoms with van der Waals surface area (Å²) in [7, 11) is -3.79. The molecule has 0 saturated heterocycles. The van der Waals surface area contributed by atoms with Gasteiger partial charge in [0, 0.05) is 5.33 Å². The van der Waals surface area contributed by atoms with Crippen molar-refractivity contribution in [1.29, 1.82) is 0 Å². The minimum atomic E-state index is -3.79. The molecular weight excluding hydrogens is 413 g/mol. The Morgan fingerprint density at radius 1 is 0.950 bits per heavy atom. The lowest BCUT2D eigenvalue weighted by molar-refractivity contribution is 0.0417. The quantitative estimate of drug-likeness (QED) is 0.338. The van der Waals surface area contributed by atoms with Crippen LogP contribution in [-0.2, 0) is 18.1 Å². The Morgan fingerprint density at radius 3 is 1.75 bits per heavy atom. The Kier molecular flexibility index (Phi) is 11.9. The van der Waals surface area contributed by atoms with Gasteiger partial charge in [0.05, 0.1) is 36.0 Å². The standard InChI is InChI=1S/C11H21BrCl3O4P/c1-8(2)9(3)17-20(16,18-10(4-12)5-13)19-11(6-14)7-15/h8-11H,4-7H2,1-3H3. The van der Waals surface area contributed by atoms with Gasteiger partial charge in [-0.3, -0.25) is 13.6 Å². The Hall–Kier alpha value is 1.46. The molecule has 3 atom stereocenters. The average Bonchev–Trinajstić information content (AvgIpc) is 2.42. The molecule has 20 heavy (non-hydrogen) atoms. The summed E-state index contributed by atoms with van der Waals surface area (Å²) in [6, 6.07) is 0. The van der Waals surface area contributed by atoms with Gasteiger partial charge in [-0.05, 0) is 12.8 Å². The predicted molar refractivity (Wildman–Crippen MR) is 88.7 cm³/mol. The highest BCUT2D eigenvalue weighted by atomic mass is 79.9. The number of phosphoric acid groups is 1. The number of hydrogen-bond acceptors (Lipinski definition) is 4. The molecule has 0 saturated carbocycles. The Morgan fingerprint density at radius 2 is 1.40 bits per heavy atom. The Balaban J connectivity index is 4.96. The SMILES string of the molecule is CC(C)C(C)OP(=O)(OC(CCl)CCl)OC(CCl)CBr. The molecule has 0 N–H and O–H groups in total. The molecule has 0 rings (SSSR count). The number of phosphoric ester groups is 1. The van der Waals surface area contributed by atoms with E-state index in [0.717, 1.165) is 0 Å². The second-order valence-electron chi connectivity index (χ2n) is 4.57. The van der Waals surface area contributed by atoms with E-state index in [1.165, 1.54) is 0 Å². The van der Waals surface area contributed by atoms with Crippen molar-refractivity contribution in [3.8, 4) is 0 Å². The van der Waals surface area contributed by atoms with Crippen molar-refractivity contribution in [3.63, 3.8) is 0 Å². The molecule has 0 radical (unpaired) electrons. The summed E-state index contributed by atoms with van der Waals surface area (Å²) >= 11 is 20.4. The van der Waals surface area contributed by atoms with Crippen molar-refractivity contribution >= 4 is 58.6 Å². The molecule has 0 bridgehead atoms. The lowest BCUT2D eigenvalue weighted by atomic mass is 10.1. The van der Waals surface area contributed by atoms with Gasteiger partial charge < -0.3 is 0 Å². The molecule has 0 aliphatic heterocycles. The minimum Gasteiger partial charge on any atom is -0.284 e. The van der Waals surface area contributed by atoms with Crippen molar-refractivity contribution in [3.05, 3.63) is 0 Å². The van der Waals surface area contributed by atoms with E-state index in [1.54, 1.807) is 6.92 Å². The number of alkyl halides is 4. The molecule has 9 heteroatoms. The monoisotopic (exact) mass is 432 g/mol. The van der Waals surface area contributed by atoms with Crippen molar-refractivity contribution in [1.82, 2.24) is 0 Å². The highest BCUT2D eigenvalue weighted by Crippen LogP contribution is 2.53. The summed E-state index contributed by atoms with van der Waals surface area (Å²) in [5.74, 6) is 0.496. The number of halogens is 4. The van der Waals surface area contributed by atoms with Crippen molar-refractivity contribution < 1.29 is 18.1 Å². The molecule has 3 unspecified atom stereocenters. The normalized spacial score (nSPS) is 18.2. The Bertz CT molecular complexity index is 272. The minimum absolute atomic E-state index is 0.0934. The molecule has 122 valence electrons. The first kappa shape index (κ1) is 21.5. The van der Waals surface area contributed by atoms with E-state index >= 15 is 0 Å². The third kappa shape index (κ3) is 8.19. The van der Waals surface area contributed by atoms with Crippen LogP contribution in [0.1, 0.15) is 20.8 Å². The van der Waals surface area contributed by atoms with Crippen LogP contribution in [0.5, 0.6) is 0 Å². The Labute approximate surface area is 144 Å². The van der Waals surface area contributed by atoms with E-state index in [1.807, 2.05) is 13.8 Å². The van der Waals surface area contributed by atoms with E-state index < -0.39 is 20.0 Å². The van der Waals surface area contributed by atoms with Crippen LogP contribution in [0.15, 0.2) is 0 Å². The van der Waals surface area contributed by atoms with Crippen LogP contribution < -0.4 is 0 Å².